The van der Waals surface area contributed by atoms with Crippen molar-refractivity contribution >= 4 is 59.8 Å². The molecule has 0 spiro atoms. The van der Waals surface area contributed by atoms with Gasteiger partial charge in [-0.2, -0.15) is 0 Å². The Balaban J connectivity index is 1.91. The van der Waals surface area contributed by atoms with Crippen molar-refractivity contribution in [3.8, 4) is 0 Å². The van der Waals surface area contributed by atoms with Gasteiger partial charge in [0.05, 0.1) is 22.1 Å². The standard InChI is InChI=1S/C27H19N3/c1-15(2)27-29-25-23-18-10-4-3-8-16(18)19-11-7-13-28-24(19)21(23)14-20-17-9-5-6-12-22(17)30(27)26(20)25/h3-15H,1-2H3. The van der Waals surface area contributed by atoms with E-state index >= 15 is 0 Å². The van der Waals surface area contributed by atoms with Crippen molar-refractivity contribution in [3.05, 3.63) is 78.8 Å². The molecule has 0 atom stereocenters. The zero-order valence-electron chi connectivity index (χ0n) is 16.8. The highest BCUT2D eigenvalue weighted by molar-refractivity contribution is 6.34. The highest BCUT2D eigenvalue weighted by Crippen LogP contribution is 2.43. The molecule has 0 unspecified atom stereocenters. The van der Waals surface area contributed by atoms with Crippen molar-refractivity contribution in [1.82, 2.24) is 14.4 Å². The monoisotopic (exact) mass is 385 g/mol. The van der Waals surface area contributed by atoms with Crippen LogP contribution in [0.5, 0.6) is 0 Å². The number of aromatic nitrogens is 3. The Bertz CT molecular complexity index is 1770. The van der Waals surface area contributed by atoms with Crippen LogP contribution in [0.2, 0.25) is 0 Å². The van der Waals surface area contributed by atoms with Crippen molar-refractivity contribution in [2.45, 2.75) is 19.8 Å². The van der Waals surface area contributed by atoms with Crippen LogP contribution in [0.3, 0.4) is 0 Å². The van der Waals surface area contributed by atoms with Crippen LogP contribution in [-0.2, 0) is 0 Å². The first-order valence-electron chi connectivity index (χ1n) is 10.5. The van der Waals surface area contributed by atoms with Gasteiger partial charge in [0, 0.05) is 39.0 Å². The summed E-state index contributed by atoms with van der Waals surface area (Å²) in [5.41, 5.74) is 4.60. The molecule has 7 rings (SSSR count). The van der Waals surface area contributed by atoms with E-state index in [0.717, 1.165) is 16.9 Å². The molecule has 3 nitrogen and oxygen atoms in total. The number of hydrogen-bond acceptors (Lipinski definition) is 2. The van der Waals surface area contributed by atoms with E-state index in [1.165, 1.54) is 48.7 Å². The molecule has 0 amide bonds. The number of rotatable bonds is 1. The molecule has 0 aliphatic carbocycles. The van der Waals surface area contributed by atoms with Crippen molar-refractivity contribution < 1.29 is 0 Å². The molecule has 3 heterocycles. The van der Waals surface area contributed by atoms with Gasteiger partial charge >= 0.3 is 0 Å². The molecule has 0 fully saturated rings. The quantitative estimate of drug-likeness (QED) is 0.283. The Morgan fingerprint density at radius 3 is 2.27 bits per heavy atom. The summed E-state index contributed by atoms with van der Waals surface area (Å²) in [6.45, 7) is 4.45. The molecular formula is C27H19N3. The summed E-state index contributed by atoms with van der Waals surface area (Å²) < 4.78 is 2.38. The van der Waals surface area contributed by atoms with Gasteiger partial charge in [0.15, 0.2) is 0 Å². The molecule has 4 aromatic carbocycles. The van der Waals surface area contributed by atoms with Gasteiger partial charge in [-0.15, -0.1) is 0 Å². The first-order valence-corrected chi connectivity index (χ1v) is 10.5. The van der Waals surface area contributed by atoms with E-state index in [0.29, 0.717) is 5.92 Å². The lowest BCUT2D eigenvalue weighted by molar-refractivity contribution is 0.782. The third kappa shape index (κ3) is 1.81. The SMILES string of the molecule is CC(C)c1nc2c3c4ccccc4c4cccnc4c3cc3c4ccccc4n1c32. The molecule has 30 heavy (non-hydrogen) atoms. The van der Waals surface area contributed by atoms with Gasteiger partial charge in [0.2, 0.25) is 0 Å². The van der Waals surface area contributed by atoms with Crippen molar-refractivity contribution in [2.24, 2.45) is 0 Å². The number of para-hydroxylation sites is 1. The van der Waals surface area contributed by atoms with Crippen LogP contribution in [-0.4, -0.2) is 14.4 Å². The highest BCUT2D eigenvalue weighted by atomic mass is 15.0. The maximum Gasteiger partial charge on any atom is 0.117 e. The largest absolute Gasteiger partial charge is 0.295 e. The number of fused-ring (bicyclic) bond motifs is 10. The lowest BCUT2D eigenvalue weighted by atomic mass is 9.95. The summed E-state index contributed by atoms with van der Waals surface area (Å²) in [6.07, 6.45) is 1.89. The van der Waals surface area contributed by atoms with Crippen LogP contribution in [0.1, 0.15) is 25.6 Å². The van der Waals surface area contributed by atoms with Crippen LogP contribution in [0, 0.1) is 0 Å². The van der Waals surface area contributed by atoms with Crippen LogP contribution in [0.4, 0.5) is 0 Å². The predicted molar refractivity (Wildman–Crippen MR) is 126 cm³/mol. The highest BCUT2D eigenvalue weighted by Gasteiger charge is 2.23. The number of pyridine rings is 1. The topological polar surface area (TPSA) is 30.2 Å². The van der Waals surface area contributed by atoms with Gasteiger partial charge in [0.1, 0.15) is 5.82 Å². The lowest BCUT2D eigenvalue weighted by Crippen LogP contribution is -1.95. The van der Waals surface area contributed by atoms with Crippen molar-refractivity contribution in [1.29, 1.82) is 0 Å². The van der Waals surface area contributed by atoms with Crippen molar-refractivity contribution in [2.75, 3.05) is 0 Å². The molecule has 0 aliphatic heterocycles. The molecule has 0 radical (unpaired) electrons. The number of benzene rings is 4. The van der Waals surface area contributed by atoms with Crippen LogP contribution >= 0.6 is 0 Å². The summed E-state index contributed by atoms with van der Waals surface area (Å²) in [7, 11) is 0. The van der Waals surface area contributed by atoms with Gasteiger partial charge in [0.25, 0.3) is 0 Å². The number of hydrogen-bond donors (Lipinski definition) is 0. The second-order valence-electron chi connectivity index (χ2n) is 8.47. The Kier molecular flexibility index (Phi) is 2.93. The third-order valence-electron chi connectivity index (χ3n) is 6.45. The fraction of sp³-hybridized carbons (Fsp3) is 0.111. The van der Waals surface area contributed by atoms with E-state index in [2.05, 4.69) is 78.9 Å². The van der Waals surface area contributed by atoms with Crippen LogP contribution in [0.15, 0.2) is 72.9 Å². The van der Waals surface area contributed by atoms with E-state index in [1.54, 1.807) is 0 Å². The number of nitrogens with zero attached hydrogens (tertiary/aromatic N) is 3. The molecule has 0 saturated heterocycles. The van der Waals surface area contributed by atoms with Crippen LogP contribution < -0.4 is 0 Å². The average molecular weight is 385 g/mol. The normalized spacial score (nSPS) is 12.6. The van der Waals surface area contributed by atoms with Crippen LogP contribution in [0.25, 0.3) is 59.8 Å². The minimum absolute atomic E-state index is 0.330. The van der Waals surface area contributed by atoms with Gasteiger partial charge in [-0.1, -0.05) is 62.4 Å². The summed E-state index contributed by atoms with van der Waals surface area (Å²) in [5, 5.41) is 8.61. The van der Waals surface area contributed by atoms with Gasteiger partial charge < -0.3 is 0 Å². The van der Waals surface area contributed by atoms with E-state index < -0.39 is 0 Å². The average Bonchev–Trinajstić information content (AvgIpc) is 3.34. The molecule has 7 aromatic rings. The maximum absolute atomic E-state index is 5.24. The summed E-state index contributed by atoms with van der Waals surface area (Å²) in [6, 6.07) is 23.9. The third-order valence-corrected chi connectivity index (χ3v) is 6.45. The summed E-state index contributed by atoms with van der Waals surface area (Å²) in [5.74, 6) is 1.45. The Morgan fingerprint density at radius 2 is 1.43 bits per heavy atom. The molecule has 3 heteroatoms. The minimum Gasteiger partial charge on any atom is -0.295 e. The first-order chi connectivity index (χ1) is 14.7. The molecule has 0 saturated carbocycles. The second kappa shape index (κ2) is 5.45. The zero-order chi connectivity index (χ0) is 20.0. The lowest BCUT2D eigenvalue weighted by Gasteiger charge is -2.10. The molecular weight excluding hydrogens is 366 g/mol. The molecule has 0 bridgehead atoms. The van der Waals surface area contributed by atoms with E-state index in [-0.39, 0.29) is 0 Å². The maximum atomic E-state index is 5.24. The fourth-order valence-corrected chi connectivity index (χ4v) is 5.24. The zero-order valence-corrected chi connectivity index (χ0v) is 16.8. The van der Waals surface area contributed by atoms with E-state index in [1.807, 2.05) is 12.3 Å². The Labute approximate surface area is 172 Å². The Morgan fingerprint density at radius 1 is 0.700 bits per heavy atom. The predicted octanol–water partition coefficient (Wildman–Crippen LogP) is 7.06. The van der Waals surface area contributed by atoms with Gasteiger partial charge in [-0.05, 0) is 29.0 Å². The molecule has 3 aromatic heterocycles. The second-order valence-corrected chi connectivity index (χ2v) is 8.47. The van der Waals surface area contributed by atoms with E-state index in [4.69, 9.17) is 9.97 Å². The molecule has 0 N–H and O–H groups in total. The first kappa shape index (κ1) is 16.1. The summed E-state index contributed by atoms with van der Waals surface area (Å²) in [4.78, 5) is 10.1. The smallest absolute Gasteiger partial charge is 0.117 e. The van der Waals surface area contributed by atoms with Gasteiger partial charge in [-0.3, -0.25) is 9.38 Å². The fourth-order valence-electron chi connectivity index (χ4n) is 5.24. The Hall–Kier alpha value is -3.72. The number of imidazole rings is 1. The van der Waals surface area contributed by atoms with E-state index in [9.17, 15) is 0 Å². The van der Waals surface area contributed by atoms with Gasteiger partial charge in [-0.25, -0.2) is 4.98 Å². The summed E-state index contributed by atoms with van der Waals surface area (Å²) >= 11 is 0. The molecule has 0 aliphatic rings. The van der Waals surface area contributed by atoms with Crippen molar-refractivity contribution in [3.63, 3.8) is 0 Å². The molecule has 142 valence electrons. The minimum atomic E-state index is 0.330.